The fraction of sp³-hybridized carbons (Fsp3) is 0.333. The van der Waals surface area contributed by atoms with Crippen molar-refractivity contribution in [3.05, 3.63) is 52.0 Å². The van der Waals surface area contributed by atoms with Crippen molar-refractivity contribution in [2.45, 2.75) is 42.9 Å². The second kappa shape index (κ2) is 6.98. The van der Waals surface area contributed by atoms with Gasteiger partial charge in [0.2, 0.25) is 0 Å². The Kier molecular flexibility index (Phi) is 5.62. The average Bonchev–Trinajstić information content (AvgIpc) is 2.47. The third-order valence-corrected chi connectivity index (χ3v) is 7.18. The highest BCUT2D eigenvalue weighted by Crippen LogP contribution is 2.31. The fourth-order valence-electron chi connectivity index (χ4n) is 2.28. The topological polar surface area (TPSA) is 77.5 Å². The Bertz CT molecular complexity index is 1050. The van der Waals surface area contributed by atoms with Crippen molar-refractivity contribution in [3.8, 4) is 5.75 Å². The normalized spacial score (nSPS) is 12.8. The monoisotopic (exact) mass is 460 g/mol. The maximum atomic E-state index is 12.7. The van der Waals surface area contributed by atoms with E-state index < -0.39 is 20.0 Å². The van der Waals surface area contributed by atoms with Crippen molar-refractivity contribution >= 4 is 35.9 Å². The van der Waals surface area contributed by atoms with Crippen LogP contribution >= 0.6 is 15.9 Å². The van der Waals surface area contributed by atoms with Crippen LogP contribution in [0.2, 0.25) is 0 Å². The molecule has 26 heavy (non-hydrogen) atoms. The standard InChI is InChI=1S/C18H21BrO5S2/c1-12-10-13(18(2,3)4)6-9-16(12)24-26(22,23)17-11-14(25(5,20)21)7-8-15(17)19/h6-11H,1-5H3. The van der Waals surface area contributed by atoms with Gasteiger partial charge in [-0.1, -0.05) is 32.9 Å². The molecule has 0 aliphatic carbocycles. The van der Waals surface area contributed by atoms with Crippen molar-refractivity contribution in [1.82, 2.24) is 0 Å². The highest BCUT2D eigenvalue weighted by atomic mass is 79.9. The van der Waals surface area contributed by atoms with Gasteiger partial charge < -0.3 is 4.18 Å². The Hall–Kier alpha value is -1.38. The van der Waals surface area contributed by atoms with E-state index in [0.717, 1.165) is 17.9 Å². The number of halogens is 1. The molecule has 0 aliphatic heterocycles. The van der Waals surface area contributed by atoms with E-state index in [1.54, 1.807) is 13.0 Å². The molecule has 2 rings (SSSR count). The molecule has 2 aromatic carbocycles. The van der Waals surface area contributed by atoms with Gasteiger partial charge in [0.05, 0.1) is 4.90 Å². The molecule has 0 saturated heterocycles. The van der Waals surface area contributed by atoms with E-state index in [1.807, 2.05) is 12.1 Å². The Labute approximate surface area is 163 Å². The lowest BCUT2D eigenvalue weighted by molar-refractivity contribution is 0.482. The van der Waals surface area contributed by atoms with E-state index in [4.69, 9.17) is 4.18 Å². The van der Waals surface area contributed by atoms with Gasteiger partial charge in [0.15, 0.2) is 9.84 Å². The Morgan fingerprint density at radius 2 is 1.58 bits per heavy atom. The maximum Gasteiger partial charge on any atom is 0.340 e. The van der Waals surface area contributed by atoms with E-state index in [9.17, 15) is 16.8 Å². The van der Waals surface area contributed by atoms with Crippen LogP contribution in [0.4, 0.5) is 0 Å². The first-order valence-electron chi connectivity index (χ1n) is 7.77. The van der Waals surface area contributed by atoms with E-state index in [2.05, 4.69) is 36.7 Å². The number of sulfone groups is 1. The summed E-state index contributed by atoms with van der Waals surface area (Å²) >= 11 is 3.15. The van der Waals surface area contributed by atoms with Crippen LogP contribution in [-0.4, -0.2) is 23.1 Å². The van der Waals surface area contributed by atoms with Gasteiger partial charge in [-0.3, -0.25) is 0 Å². The largest absolute Gasteiger partial charge is 0.379 e. The predicted molar refractivity (Wildman–Crippen MR) is 105 cm³/mol. The quantitative estimate of drug-likeness (QED) is 0.637. The van der Waals surface area contributed by atoms with Gasteiger partial charge in [-0.2, -0.15) is 8.42 Å². The zero-order valence-corrected chi connectivity index (χ0v) is 18.4. The summed E-state index contributed by atoms with van der Waals surface area (Å²) in [6, 6.07) is 9.12. The number of hydrogen-bond acceptors (Lipinski definition) is 5. The lowest BCUT2D eigenvalue weighted by atomic mass is 9.86. The number of rotatable bonds is 4. The van der Waals surface area contributed by atoms with Gasteiger partial charge >= 0.3 is 10.1 Å². The average molecular weight is 461 g/mol. The Morgan fingerprint density at radius 1 is 0.962 bits per heavy atom. The smallest absolute Gasteiger partial charge is 0.340 e. The van der Waals surface area contributed by atoms with Crippen LogP contribution in [0.25, 0.3) is 0 Å². The minimum absolute atomic E-state index is 0.0744. The molecule has 0 spiro atoms. The molecule has 0 aliphatic rings. The predicted octanol–water partition coefficient (Wildman–Crippen LogP) is 4.23. The first-order valence-corrected chi connectivity index (χ1v) is 11.9. The van der Waals surface area contributed by atoms with E-state index in [1.165, 1.54) is 12.1 Å². The van der Waals surface area contributed by atoms with E-state index >= 15 is 0 Å². The summed E-state index contributed by atoms with van der Waals surface area (Å²) in [4.78, 5) is -0.331. The number of aryl methyl sites for hydroxylation is 1. The lowest BCUT2D eigenvalue weighted by Crippen LogP contribution is -2.14. The van der Waals surface area contributed by atoms with Crippen molar-refractivity contribution in [1.29, 1.82) is 0 Å². The van der Waals surface area contributed by atoms with Gasteiger partial charge in [0.25, 0.3) is 0 Å². The Morgan fingerprint density at radius 3 is 2.08 bits per heavy atom. The first-order chi connectivity index (χ1) is 11.7. The van der Waals surface area contributed by atoms with E-state index in [0.29, 0.717) is 5.56 Å². The van der Waals surface area contributed by atoms with Crippen LogP contribution in [0.15, 0.2) is 50.7 Å². The molecule has 142 valence electrons. The highest BCUT2D eigenvalue weighted by Gasteiger charge is 2.24. The summed E-state index contributed by atoms with van der Waals surface area (Å²) in [5.74, 6) is 0.203. The molecule has 0 atom stereocenters. The minimum atomic E-state index is -4.21. The summed E-state index contributed by atoms with van der Waals surface area (Å²) in [6.07, 6.45) is 1.02. The van der Waals surface area contributed by atoms with Crippen molar-refractivity contribution in [2.75, 3.05) is 6.26 Å². The van der Waals surface area contributed by atoms with E-state index in [-0.39, 0.29) is 25.4 Å². The fourth-order valence-corrected chi connectivity index (χ4v) is 4.93. The maximum absolute atomic E-state index is 12.7. The van der Waals surface area contributed by atoms with Crippen molar-refractivity contribution in [3.63, 3.8) is 0 Å². The molecule has 2 aromatic rings. The second-order valence-corrected chi connectivity index (χ2v) is 11.5. The molecule has 0 radical (unpaired) electrons. The summed E-state index contributed by atoms with van der Waals surface area (Å²) in [5.41, 5.74) is 1.66. The van der Waals surface area contributed by atoms with Gasteiger partial charge in [0, 0.05) is 10.7 Å². The molecular formula is C18H21BrO5S2. The van der Waals surface area contributed by atoms with Gasteiger partial charge in [0.1, 0.15) is 10.6 Å². The van der Waals surface area contributed by atoms with Crippen LogP contribution in [0.1, 0.15) is 31.9 Å². The summed E-state index contributed by atoms with van der Waals surface area (Å²) < 4.78 is 54.3. The molecule has 0 N–H and O–H groups in total. The Balaban J connectivity index is 2.47. The molecule has 0 amide bonds. The molecule has 0 saturated carbocycles. The van der Waals surface area contributed by atoms with Gasteiger partial charge in [-0.05, 0) is 63.7 Å². The highest BCUT2D eigenvalue weighted by molar-refractivity contribution is 9.10. The number of benzene rings is 2. The molecule has 0 heterocycles. The molecule has 5 nitrogen and oxygen atoms in total. The summed E-state index contributed by atoms with van der Waals surface area (Å²) in [5, 5.41) is 0. The molecule has 0 unspecified atom stereocenters. The van der Waals surface area contributed by atoms with Crippen LogP contribution in [0.5, 0.6) is 5.75 Å². The summed E-state index contributed by atoms with van der Waals surface area (Å²) in [7, 11) is -7.76. The van der Waals surface area contributed by atoms with Crippen molar-refractivity contribution in [2.24, 2.45) is 0 Å². The molecule has 0 fully saturated rings. The van der Waals surface area contributed by atoms with Gasteiger partial charge in [-0.15, -0.1) is 0 Å². The molecule has 0 bridgehead atoms. The zero-order chi connectivity index (χ0) is 19.9. The van der Waals surface area contributed by atoms with Crippen LogP contribution < -0.4 is 4.18 Å². The summed E-state index contributed by atoms with van der Waals surface area (Å²) in [6.45, 7) is 7.95. The SMILES string of the molecule is Cc1cc(C(C)(C)C)ccc1OS(=O)(=O)c1cc(S(C)(=O)=O)ccc1Br. The van der Waals surface area contributed by atoms with Crippen LogP contribution in [0, 0.1) is 6.92 Å². The second-order valence-electron chi connectivity index (χ2n) is 7.13. The zero-order valence-electron chi connectivity index (χ0n) is 15.2. The lowest BCUT2D eigenvalue weighted by Gasteiger charge is -2.20. The third-order valence-electron chi connectivity index (χ3n) is 3.84. The minimum Gasteiger partial charge on any atom is -0.379 e. The first kappa shape index (κ1) is 20.9. The molecule has 8 heteroatoms. The number of hydrogen-bond donors (Lipinski definition) is 0. The molecular weight excluding hydrogens is 440 g/mol. The third kappa shape index (κ3) is 4.66. The molecule has 0 aromatic heterocycles. The van der Waals surface area contributed by atoms with Crippen LogP contribution in [0.3, 0.4) is 0 Å². The van der Waals surface area contributed by atoms with Crippen LogP contribution in [-0.2, 0) is 25.4 Å². The van der Waals surface area contributed by atoms with Crippen molar-refractivity contribution < 1.29 is 21.0 Å². The van der Waals surface area contributed by atoms with Gasteiger partial charge in [-0.25, -0.2) is 8.42 Å².